The van der Waals surface area contributed by atoms with Crippen molar-refractivity contribution < 1.29 is 17.6 Å². The molecule has 5 rings (SSSR count). The Bertz CT molecular complexity index is 1500. The highest BCUT2D eigenvalue weighted by molar-refractivity contribution is 7.89. The Morgan fingerprint density at radius 2 is 1.62 bits per heavy atom. The third-order valence-electron chi connectivity index (χ3n) is 5.83. The fourth-order valence-corrected chi connectivity index (χ4v) is 5.13. The number of fused-ring (bicyclic) bond motifs is 1. The Balaban J connectivity index is 1.36. The molecule has 0 saturated heterocycles. The summed E-state index contributed by atoms with van der Waals surface area (Å²) in [6.07, 6.45) is 2.13. The highest BCUT2D eigenvalue weighted by atomic mass is 32.2. The number of para-hydroxylation sites is 1. The van der Waals surface area contributed by atoms with Gasteiger partial charge < -0.3 is 14.1 Å². The third kappa shape index (κ3) is 4.35. The van der Waals surface area contributed by atoms with Crippen LogP contribution in [0.2, 0.25) is 0 Å². The van der Waals surface area contributed by atoms with E-state index in [1.165, 1.54) is 0 Å². The molecule has 2 N–H and O–H groups in total. The van der Waals surface area contributed by atoms with E-state index in [0.29, 0.717) is 12.2 Å². The highest BCUT2D eigenvalue weighted by Crippen LogP contribution is 2.31. The lowest BCUT2D eigenvalue weighted by Crippen LogP contribution is -2.26. The van der Waals surface area contributed by atoms with Gasteiger partial charge in [-0.25, -0.2) is 13.1 Å². The minimum Gasteiger partial charge on any atom is -0.497 e. The normalized spacial score (nSPS) is 11.7. The smallest absolute Gasteiger partial charge is 0.240 e. The van der Waals surface area contributed by atoms with E-state index in [0.717, 1.165) is 39.0 Å². The molecular weight excluding hydrogens is 448 g/mol. The summed E-state index contributed by atoms with van der Waals surface area (Å²) < 4.78 is 39.2. The van der Waals surface area contributed by atoms with Gasteiger partial charge in [0.1, 0.15) is 11.5 Å². The van der Waals surface area contributed by atoms with Crippen LogP contribution < -0.4 is 9.46 Å². The standard InChI is InChI=1S/C27H24N2O4S/c1-32-21-12-8-20(9-13-21)27-24(23-5-2-3-6-25(23)29-27)16-17-28-34(30,31)22-14-10-19(11-15-22)26-7-4-18-33-26/h2-15,18,28-29H,16-17H2,1H3. The molecule has 34 heavy (non-hydrogen) atoms. The number of hydrogen-bond acceptors (Lipinski definition) is 4. The SMILES string of the molecule is COc1ccc(-c2[nH]c3ccccc3c2CCNS(=O)(=O)c2ccc(-c3ccco3)cc2)cc1. The van der Waals surface area contributed by atoms with Crippen molar-refractivity contribution in [2.75, 3.05) is 13.7 Å². The molecule has 0 bridgehead atoms. The van der Waals surface area contributed by atoms with Crippen molar-refractivity contribution in [1.82, 2.24) is 9.71 Å². The zero-order valence-electron chi connectivity index (χ0n) is 18.6. The first-order valence-corrected chi connectivity index (χ1v) is 12.4. The number of furan rings is 1. The number of aromatic amines is 1. The van der Waals surface area contributed by atoms with E-state index in [1.807, 2.05) is 48.5 Å². The number of sulfonamides is 1. The highest BCUT2D eigenvalue weighted by Gasteiger charge is 2.17. The summed E-state index contributed by atoms with van der Waals surface area (Å²) in [4.78, 5) is 3.71. The van der Waals surface area contributed by atoms with Crippen LogP contribution in [0.4, 0.5) is 0 Å². The van der Waals surface area contributed by atoms with Crippen molar-refractivity contribution in [3.63, 3.8) is 0 Å². The minimum absolute atomic E-state index is 0.220. The maximum atomic E-state index is 12.9. The summed E-state index contributed by atoms with van der Waals surface area (Å²) in [6, 6.07) is 26.2. The molecule has 7 heteroatoms. The minimum atomic E-state index is -3.65. The molecule has 172 valence electrons. The number of nitrogens with one attached hydrogen (secondary N) is 2. The molecule has 2 heterocycles. The van der Waals surface area contributed by atoms with E-state index in [2.05, 4.69) is 15.8 Å². The van der Waals surface area contributed by atoms with Crippen molar-refractivity contribution >= 4 is 20.9 Å². The number of hydrogen-bond donors (Lipinski definition) is 2. The Morgan fingerprint density at radius 3 is 2.32 bits per heavy atom. The quantitative estimate of drug-likeness (QED) is 0.307. The van der Waals surface area contributed by atoms with Crippen LogP contribution in [0.3, 0.4) is 0 Å². The van der Waals surface area contributed by atoms with Gasteiger partial charge in [-0.2, -0.15) is 0 Å². The maximum Gasteiger partial charge on any atom is 0.240 e. The lowest BCUT2D eigenvalue weighted by Gasteiger charge is -2.09. The van der Waals surface area contributed by atoms with E-state index in [1.54, 1.807) is 43.7 Å². The van der Waals surface area contributed by atoms with Crippen LogP contribution in [0.5, 0.6) is 5.75 Å². The molecular formula is C27H24N2O4S. The van der Waals surface area contributed by atoms with Gasteiger partial charge in [-0.15, -0.1) is 0 Å². The molecule has 0 unspecified atom stereocenters. The molecule has 6 nitrogen and oxygen atoms in total. The Hall–Kier alpha value is -3.81. The summed E-state index contributed by atoms with van der Waals surface area (Å²) in [5.41, 5.74) is 4.90. The lowest BCUT2D eigenvalue weighted by molar-refractivity contribution is 0.415. The zero-order chi connectivity index (χ0) is 23.5. The van der Waals surface area contributed by atoms with Gasteiger partial charge in [-0.3, -0.25) is 0 Å². The third-order valence-corrected chi connectivity index (χ3v) is 7.31. The Morgan fingerprint density at radius 1 is 0.882 bits per heavy atom. The zero-order valence-corrected chi connectivity index (χ0v) is 19.4. The van der Waals surface area contributed by atoms with E-state index < -0.39 is 10.0 Å². The molecule has 0 aliphatic rings. The van der Waals surface area contributed by atoms with E-state index >= 15 is 0 Å². The van der Waals surface area contributed by atoms with Crippen LogP contribution in [0.1, 0.15) is 5.56 Å². The number of rotatable bonds is 8. The first-order chi connectivity index (χ1) is 16.5. The second-order valence-corrected chi connectivity index (χ2v) is 9.67. The summed E-state index contributed by atoms with van der Waals surface area (Å²) >= 11 is 0. The number of benzene rings is 3. The predicted molar refractivity (Wildman–Crippen MR) is 133 cm³/mol. The van der Waals surface area contributed by atoms with Gasteiger partial charge in [0, 0.05) is 28.7 Å². The molecule has 0 amide bonds. The molecule has 0 aliphatic carbocycles. The Kier molecular flexibility index (Phi) is 5.96. The van der Waals surface area contributed by atoms with Crippen LogP contribution in [0.15, 0.2) is 101 Å². The van der Waals surface area contributed by atoms with Crippen molar-refractivity contribution in [3.8, 4) is 28.3 Å². The van der Waals surface area contributed by atoms with Crippen LogP contribution in [0.25, 0.3) is 33.5 Å². The number of H-pyrrole nitrogens is 1. The number of methoxy groups -OCH3 is 1. The van der Waals surface area contributed by atoms with E-state index in [9.17, 15) is 8.42 Å². The average molecular weight is 473 g/mol. The van der Waals surface area contributed by atoms with Gasteiger partial charge in [0.25, 0.3) is 0 Å². The first kappa shape index (κ1) is 22.0. The van der Waals surface area contributed by atoms with Gasteiger partial charge in [0.15, 0.2) is 0 Å². The van der Waals surface area contributed by atoms with Crippen molar-refractivity contribution in [2.45, 2.75) is 11.3 Å². The molecule has 0 aliphatic heterocycles. The van der Waals surface area contributed by atoms with Gasteiger partial charge in [0.2, 0.25) is 10.0 Å². The lowest BCUT2D eigenvalue weighted by atomic mass is 10.0. The van der Waals surface area contributed by atoms with E-state index in [-0.39, 0.29) is 11.4 Å². The molecule has 0 saturated carbocycles. The monoisotopic (exact) mass is 472 g/mol. The van der Waals surface area contributed by atoms with E-state index in [4.69, 9.17) is 9.15 Å². The molecule has 0 fully saturated rings. The van der Waals surface area contributed by atoms with Crippen LogP contribution >= 0.6 is 0 Å². The molecule has 0 radical (unpaired) electrons. The van der Waals surface area contributed by atoms with Crippen LogP contribution in [0, 0.1) is 0 Å². The fraction of sp³-hybridized carbons (Fsp3) is 0.111. The molecule has 2 aromatic heterocycles. The summed E-state index contributed by atoms with van der Waals surface area (Å²) in [5.74, 6) is 1.48. The fourth-order valence-electron chi connectivity index (χ4n) is 4.10. The molecule has 0 spiro atoms. The second kappa shape index (κ2) is 9.21. The summed E-state index contributed by atoms with van der Waals surface area (Å²) in [7, 11) is -2.01. The van der Waals surface area contributed by atoms with Gasteiger partial charge in [0.05, 0.1) is 18.3 Å². The predicted octanol–water partition coefficient (Wildman–Crippen LogP) is 5.62. The molecule has 5 aromatic rings. The van der Waals surface area contributed by atoms with Gasteiger partial charge in [-0.05, 0) is 84.3 Å². The number of aromatic nitrogens is 1. The average Bonchev–Trinajstić information content (AvgIpc) is 3.53. The van der Waals surface area contributed by atoms with Crippen molar-refractivity contribution in [1.29, 1.82) is 0 Å². The topological polar surface area (TPSA) is 84.3 Å². The summed E-state index contributed by atoms with van der Waals surface area (Å²) in [5, 5.41) is 1.08. The largest absolute Gasteiger partial charge is 0.497 e. The number of ether oxygens (including phenoxy) is 1. The van der Waals surface area contributed by atoms with Crippen LogP contribution in [-0.4, -0.2) is 27.1 Å². The van der Waals surface area contributed by atoms with Crippen LogP contribution in [-0.2, 0) is 16.4 Å². The van der Waals surface area contributed by atoms with Crippen molar-refractivity contribution in [2.24, 2.45) is 0 Å². The summed E-state index contributed by atoms with van der Waals surface area (Å²) in [6.45, 7) is 0.271. The Labute approximate surface area is 198 Å². The van der Waals surface area contributed by atoms with Gasteiger partial charge in [-0.1, -0.05) is 18.2 Å². The molecule has 3 aromatic carbocycles. The van der Waals surface area contributed by atoms with Crippen molar-refractivity contribution in [3.05, 3.63) is 96.8 Å². The molecule has 0 atom stereocenters. The van der Waals surface area contributed by atoms with Gasteiger partial charge >= 0.3 is 0 Å². The first-order valence-electron chi connectivity index (χ1n) is 10.9. The maximum absolute atomic E-state index is 12.9. The second-order valence-electron chi connectivity index (χ2n) is 7.90.